The van der Waals surface area contributed by atoms with Gasteiger partial charge in [0, 0.05) is 12.3 Å². The number of carbonyl (C=O) groups is 2. The Kier molecular flexibility index (Phi) is 6.99. The summed E-state index contributed by atoms with van der Waals surface area (Å²) in [6.45, 7) is 2.22. The van der Waals surface area contributed by atoms with Crippen molar-refractivity contribution in [2.24, 2.45) is 11.8 Å². The summed E-state index contributed by atoms with van der Waals surface area (Å²) in [6.07, 6.45) is 9.71. The molecule has 1 aliphatic carbocycles. The predicted molar refractivity (Wildman–Crippen MR) is 71.5 cm³/mol. The Hall–Kier alpha value is -0.860. The molecule has 0 heterocycles. The molecular weight excluding hydrogens is 228 g/mol. The molecule has 1 N–H and O–H groups in total. The van der Waals surface area contributed by atoms with Crippen LogP contribution < -0.4 is 0 Å². The molecule has 0 unspecified atom stereocenters. The van der Waals surface area contributed by atoms with Gasteiger partial charge in [0.25, 0.3) is 0 Å². The van der Waals surface area contributed by atoms with E-state index >= 15 is 0 Å². The highest BCUT2D eigenvalue weighted by Crippen LogP contribution is 2.33. The fourth-order valence-electron chi connectivity index (χ4n) is 2.89. The standard InChI is InChI=1S/C15H26O3/c1-2-3-4-5-12-6-8-13(9-7-12)14(16)10-11-15(17)18/h12-13H,2-11H2,1H3,(H,17,18). The molecule has 0 aliphatic heterocycles. The second kappa shape index (κ2) is 8.28. The van der Waals surface area contributed by atoms with E-state index in [4.69, 9.17) is 5.11 Å². The van der Waals surface area contributed by atoms with Crippen LogP contribution in [-0.2, 0) is 9.59 Å². The van der Waals surface area contributed by atoms with Crippen LogP contribution in [0.1, 0.15) is 71.1 Å². The average molecular weight is 254 g/mol. The number of hydrogen-bond acceptors (Lipinski definition) is 2. The molecule has 3 nitrogen and oxygen atoms in total. The summed E-state index contributed by atoms with van der Waals surface area (Å²) in [6, 6.07) is 0. The third-order valence-corrected chi connectivity index (χ3v) is 4.10. The van der Waals surface area contributed by atoms with Gasteiger partial charge in [-0.25, -0.2) is 0 Å². The summed E-state index contributed by atoms with van der Waals surface area (Å²) >= 11 is 0. The zero-order valence-corrected chi connectivity index (χ0v) is 11.5. The molecule has 1 rings (SSSR count). The largest absolute Gasteiger partial charge is 0.481 e. The van der Waals surface area contributed by atoms with Crippen molar-refractivity contribution in [2.75, 3.05) is 0 Å². The minimum atomic E-state index is -0.864. The van der Waals surface area contributed by atoms with E-state index < -0.39 is 5.97 Å². The highest BCUT2D eigenvalue weighted by atomic mass is 16.4. The van der Waals surface area contributed by atoms with Crippen molar-refractivity contribution < 1.29 is 14.7 Å². The number of unbranched alkanes of at least 4 members (excludes halogenated alkanes) is 2. The van der Waals surface area contributed by atoms with Gasteiger partial charge in [0.2, 0.25) is 0 Å². The first kappa shape index (κ1) is 15.2. The first-order valence-electron chi connectivity index (χ1n) is 7.38. The smallest absolute Gasteiger partial charge is 0.303 e. The second-order valence-corrected chi connectivity index (χ2v) is 5.57. The fraction of sp³-hybridized carbons (Fsp3) is 0.867. The number of Topliss-reactive ketones (excluding diaryl/α,β-unsaturated/α-hetero) is 1. The molecule has 1 aliphatic rings. The van der Waals surface area contributed by atoms with E-state index in [0.29, 0.717) is 0 Å². The van der Waals surface area contributed by atoms with Crippen LogP contribution in [0.25, 0.3) is 0 Å². The third kappa shape index (κ3) is 5.65. The van der Waals surface area contributed by atoms with Crippen LogP contribution in [-0.4, -0.2) is 16.9 Å². The fourth-order valence-corrected chi connectivity index (χ4v) is 2.89. The summed E-state index contributed by atoms with van der Waals surface area (Å²) in [4.78, 5) is 22.2. The number of carboxylic acids is 1. The number of aliphatic carboxylic acids is 1. The average Bonchev–Trinajstić information content (AvgIpc) is 2.37. The lowest BCUT2D eigenvalue weighted by Gasteiger charge is -2.27. The van der Waals surface area contributed by atoms with Gasteiger partial charge in [-0.2, -0.15) is 0 Å². The first-order chi connectivity index (χ1) is 8.63. The van der Waals surface area contributed by atoms with Gasteiger partial charge < -0.3 is 5.11 Å². The van der Waals surface area contributed by atoms with Gasteiger partial charge in [0.05, 0.1) is 6.42 Å². The predicted octanol–water partition coefficient (Wildman–Crippen LogP) is 3.81. The molecule has 18 heavy (non-hydrogen) atoms. The molecule has 0 aromatic heterocycles. The SMILES string of the molecule is CCCCCC1CCC(C(=O)CCC(=O)O)CC1. The summed E-state index contributed by atoms with van der Waals surface area (Å²) in [7, 11) is 0. The van der Waals surface area contributed by atoms with E-state index in [-0.39, 0.29) is 24.5 Å². The lowest BCUT2D eigenvalue weighted by molar-refractivity contribution is -0.139. The molecule has 0 atom stereocenters. The highest BCUT2D eigenvalue weighted by Gasteiger charge is 2.25. The number of carboxylic acid groups (broad SMARTS) is 1. The Balaban J connectivity index is 2.18. The maximum absolute atomic E-state index is 11.8. The number of rotatable bonds is 8. The Morgan fingerprint density at radius 1 is 1.06 bits per heavy atom. The van der Waals surface area contributed by atoms with Crippen LogP contribution >= 0.6 is 0 Å². The van der Waals surface area contributed by atoms with Gasteiger partial charge in [-0.15, -0.1) is 0 Å². The zero-order chi connectivity index (χ0) is 13.4. The summed E-state index contributed by atoms with van der Waals surface area (Å²) in [5.41, 5.74) is 0. The molecule has 0 aromatic carbocycles. The molecule has 1 saturated carbocycles. The Morgan fingerprint density at radius 3 is 2.28 bits per heavy atom. The van der Waals surface area contributed by atoms with Gasteiger partial charge in [0.15, 0.2) is 0 Å². The van der Waals surface area contributed by atoms with E-state index in [1.165, 1.54) is 25.7 Å². The minimum absolute atomic E-state index is 0.00470. The van der Waals surface area contributed by atoms with Gasteiger partial charge in [-0.1, -0.05) is 32.6 Å². The van der Waals surface area contributed by atoms with Crippen LogP contribution in [0.15, 0.2) is 0 Å². The van der Waals surface area contributed by atoms with Gasteiger partial charge in [-0.3, -0.25) is 9.59 Å². The van der Waals surface area contributed by atoms with Gasteiger partial charge in [-0.05, 0) is 31.6 Å². The van der Waals surface area contributed by atoms with Crippen LogP contribution in [0.4, 0.5) is 0 Å². The van der Waals surface area contributed by atoms with E-state index in [1.54, 1.807) is 0 Å². The van der Waals surface area contributed by atoms with E-state index in [0.717, 1.165) is 31.6 Å². The molecular formula is C15H26O3. The molecule has 0 bridgehead atoms. The third-order valence-electron chi connectivity index (χ3n) is 4.10. The monoisotopic (exact) mass is 254 g/mol. The molecule has 0 amide bonds. The Morgan fingerprint density at radius 2 is 1.72 bits per heavy atom. The first-order valence-corrected chi connectivity index (χ1v) is 7.38. The molecule has 0 spiro atoms. The van der Waals surface area contributed by atoms with Crippen molar-refractivity contribution in [1.82, 2.24) is 0 Å². The van der Waals surface area contributed by atoms with Crippen LogP contribution in [0.3, 0.4) is 0 Å². The van der Waals surface area contributed by atoms with Gasteiger partial charge >= 0.3 is 5.97 Å². The highest BCUT2D eigenvalue weighted by molar-refractivity contribution is 5.84. The maximum Gasteiger partial charge on any atom is 0.303 e. The summed E-state index contributed by atoms with van der Waals surface area (Å²) in [5.74, 6) is 0.257. The maximum atomic E-state index is 11.8. The molecule has 1 fully saturated rings. The molecule has 0 saturated heterocycles. The van der Waals surface area contributed by atoms with Crippen molar-refractivity contribution in [3.8, 4) is 0 Å². The molecule has 3 heteroatoms. The topological polar surface area (TPSA) is 54.4 Å². The normalized spacial score (nSPS) is 23.8. The second-order valence-electron chi connectivity index (χ2n) is 5.57. The van der Waals surface area contributed by atoms with Gasteiger partial charge in [0.1, 0.15) is 5.78 Å². The molecule has 0 radical (unpaired) electrons. The van der Waals surface area contributed by atoms with E-state index in [9.17, 15) is 9.59 Å². The number of hydrogen-bond donors (Lipinski definition) is 1. The summed E-state index contributed by atoms with van der Waals surface area (Å²) < 4.78 is 0. The van der Waals surface area contributed by atoms with Crippen molar-refractivity contribution in [3.05, 3.63) is 0 Å². The lowest BCUT2D eigenvalue weighted by Crippen LogP contribution is -2.22. The van der Waals surface area contributed by atoms with Crippen molar-refractivity contribution >= 4 is 11.8 Å². The van der Waals surface area contributed by atoms with E-state index in [1.807, 2.05) is 0 Å². The van der Waals surface area contributed by atoms with Crippen molar-refractivity contribution in [3.63, 3.8) is 0 Å². The lowest BCUT2D eigenvalue weighted by atomic mass is 9.77. The van der Waals surface area contributed by atoms with Crippen molar-refractivity contribution in [2.45, 2.75) is 71.1 Å². The molecule has 104 valence electrons. The van der Waals surface area contributed by atoms with Crippen LogP contribution in [0.5, 0.6) is 0 Å². The number of ketones is 1. The van der Waals surface area contributed by atoms with Crippen molar-refractivity contribution in [1.29, 1.82) is 0 Å². The summed E-state index contributed by atoms with van der Waals surface area (Å²) in [5, 5.41) is 8.57. The quantitative estimate of drug-likeness (QED) is 0.670. The minimum Gasteiger partial charge on any atom is -0.481 e. The zero-order valence-electron chi connectivity index (χ0n) is 11.5. The Labute approximate surface area is 110 Å². The number of carbonyl (C=O) groups excluding carboxylic acids is 1. The van der Waals surface area contributed by atoms with Crippen LogP contribution in [0.2, 0.25) is 0 Å². The van der Waals surface area contributed by atoms with E-state index in [2.05, 4.69) is 6.92 Å². The Bertz CT molecular complexity index is 265. The molecule has 0 aromatic rings. The van der Waals surface area contributed by atoms with Crippen LogP contribution in [0, 0.1) is 11.8 Å².